The molecular formula is C10H12N2O3S2. The van der Waals surface area contributed by atoms with E-state index in [-0.39, 0.29) is 22.8 Å². The second-order valence-corrected chi connectivity index (χ2v) is 7.29. The second-order valence-electron chi connectivity index (χ2n) is 4.21. The Morgan fingerprint density at radius 2 is 2.24 bits per heavy atom. The van der Waals surface area contributed by atoms with Gasteiger partial charge in [-0.2, -0.15) is 5.26 Å². The van der Waals surface area contributed by atoms with Crippen molar-refractivity contribution in [1.29, 1.82) is 5.26 Å². The van der Waals surface area contributed by atoms with Crippen LogP contribution in [0.1, 0.15) is 17.7 Å². The molecule has 0 bridgehead atoms. The Morgan fingerprint density at radius 1 is 1.53 bits per heavy atom. The highest BCUT2D eigenvalue weighted by atomic mass is 32.2. The molecule has 1 aliphatic rings. The van der Waals surface area contributed by atoms with E-state index in [0.717, 1.165) is 24.2 Å². The lowest BCUT2D eigenvalue weighted by Crippen LogP contribution is -2.31. The van der Waals surface area contributed by atoms with Crippen LogP contribution in [0.15, 0.2) is 16.3 Å². The van der Waals surface area contributed by atoms with Crippen molar-refractivity contribution in [1.82, 2.24) is 4.72 Å². The molecule has 0 unspecified atom stereocenters. The second kappa shape index (κ2) is 4.38. The van der Waals surface area contributed by atoms with E-state index in [0.29, 0.717) is 4.88 Å². The van der Waals surface area contributed by atoms with E-state index in [1.165, 1.54) is 12.1 Å². The Hall–Kier alpha value is -0.940. The molecule has 7 heteroatoms. The highest BCUT2D eigenvalue weighted by Gasteiger charge is 2.42. The Kier molecular flexibility index (Phi) is 3.23. The summed E-state index contributed by atoms with van der Waals surface area (Å²) in [7, 11) is -3.55. The topological polar surface area (TPSA) is 90.2 Å². The summed E-state index contributed by atoms with van der Waals surface area (Å²) >= 11 is 0.944. The number of nitrogens with zero attached hydrogens (tertiary/aromatic N) is 1. The van der Waals surface area contributed by atoms with E-state index in [4.69, 9.17) is 10.4 Å². The summed E-state index contributed by atoms with van der Waals surface area (Å²) in [6.45, 7) is 0.259. The van der Waals surface area contributed by atoms with Gasteiger partial charge in [0.15, 0.2) is 0 Å². The number of aliphatic hydroxyl groups is 1. The Morgan fingerprint density at radius 3 is 2.71 bits per heavy atom. The monoisotopic (exact) mass is 272 g/mol. The van der Waals surface area contributed by atoms with Crippen molar-refractivity contribution in [2.75, 3.05) is 13.2 Å². The molecule has 1 saturated carbocycles. The van der Waals surface area contributed by atoms with Crippen molar-refractivity contribution in [3.63, 3.8) is 0 Å². The van der Waals surface area contributed by atoms with E-state index >= 15 is 0 Å². The third-order valence-corrected chi connectivity index (χ3v) is 5.77. The van der Waals surface area contributed by atoms with Gasteiger partial charge in [0.2, 0.25) is 10.0 Å². The summed E-state index contributed by atoms with van der Waals surface area (Å²) in [5.41, 5.74) is -0.262. The predicted octanol–water partition coefficient (Wildman–Crippen LogP) is 0.671. The lowest BCUT2D eigenvalue weighted by molar-refractivity contribution is 0.213. The van der Waals surface area contributed by atoms with Gasteiger partial charge in [-0.15, -0.1) is 11.3 Å². The number of aliphatic hydroxyl groups excluding tert-OH is 1. The molecule has 0 aromatic carbocycles. The van der Waals surface area contributed by atoms with Gasteiger partial charge in [0, 0.05) is 18.6 Å². The van der Waals surface area contributed by atoms with Gasteiger partial charge in [-0.1, -0.05) is 0 Å². The number of hydrogen-bond acceptors (Lipinski definition) is 5. The predicted molar refractivity (Wildman–Crippen MR) is 63.0 cm³/mol. The minimum atomic E-state index is -3.55. The van der Waals surface area contributed by atoms with E-state index in [1.807, 2.05) is 6.07 Å². The molecule has 92 valence electrons. The van der Waals surface area contributed by atoms with Gasteiger partial charge < -0.3 is 5.11 Å². The number of thiophene rings is 1. The van der Waals surface area contributed by atoms with Gasteiger partial charge in [0.1, 0.15) is 15.2 Å². The van der Waals surface area contributed by atoms with Crippen molar-refractivity contribution in [3.05, 3.63) is 17.0 Å². The molecule has 0 aliphatic heterocycles. The summed E-state index contributed by atoms with van der Waals surface area (Å²) in [6, 6.07) is 4.81. The first-order chi connectivity index (χ1) is 8.01. The van der Waals surface area contributed by atoms with Crippen LogP contribution in [0.5, 0.6) is 0 Å². The van der Waals surface area contributed by atoms with Gasteiger partial charge in [-0.05, 0) is 25.0 Å². The van der Waals surface area contributed by atoms with Crippen LogP contribution >= 0.6 is 11.3 Å². The fraction of sp³-hybridized carbons (Fsp3) is 0.500. The molecule has 1 aliphatic carbocycles. The maximum absolute atomic E-state index is 11.9. The molecule has 2 N–H and O–H groups in total. The average molecular weight is 272 g/mol. The Labute approximate surface area is 104 Å². The molecule has 0 radical (unpaired) electrons. The standard InChI is InChI=1S/C10H12N2O3S2/c11-5-8-1-2-9(16-8)17(14,15)12-6-10(7-13)3-4-10/h1-2,12-13H,3-4,6-7H2. The van der Waals surface area contributed by atoms with E-state index in [9.17, 15) is 8.42 Å². The van der Waals surface area contributed by atoms with Crippen molar-refractivity contribution in [3.8, 4) is 6.07 Å². The van der Waals surface area contributed by atoms with Crippen LogP contribution < -0.4 is 4.72 Å². The molecule has 0 amide bonds. The quantitative estimate of drug-likeness (QED) is 0.824. The van der Waals surface area contributed by atoms with Gasteiger partial charge in [-0.3, -0.25) is 0 Å². The average Bonchev–Trinajstić information content (AvgIpc) is 2.94. The lowest BCUT2D eigenvalue weighted by atomic mass is 10.1. The molecule has 5 nitrogen and oxygen atoms in total. The number of nitriles is 1. The number of nitrogens with one attached hydrogen (secondary N) is 1. The van der Waals surface area contributed by atoms with Crippen LogP contribution in [0.25, 0.3) is 0 Å². The summed E-state index contributed by atoms with van der Waals surface area (Å²) in [5, 5.41) is 17.7. The maximum Gasteiger partial charge on any atom is 0.250 e. The smallest absolute Gasteiger partial charge is 0.250 e. The largest absolute Gasteiger partial charge is 0.396 e. The highest BCUT2D eigenvalue weighted by Crippen LogP contribution is 2.44. The zero-order valence-corrected chi connectivity index (χ0v) is 10.6. The first-order valence-corrected chi connectivity index (χ1v) is 7.42. The van der Waals surface area contributed by atoms with Crippen molar-refractivity contribution < 1.29 is 13.5 Å². The van der Waals surface area contributed by atoms with Crippen molar-refractivity contribution in [2.24, 2.45) is 5.41 Å². The first kappa shape index (κ1) is 12.5. The Balaban J connectivity index is 2.06. The van der Waals surface area contributed by atoms with Crippen LogP contribution in [0.2, 0.25) is 0 Å². The van der Waals surface area contributed by atoms with Gasteiger partial charge in [0.05, 0.1) is 0 Å². The number of hydrogen-bond donors (Lipinski definition) is 2. The summed E-state index contributed by atoms with van der Waals surface area (Å²) in [4.78, 5) is 0.369. The van der Waals surface area contributed by atoms with Gasteiger partial charge in [-0.25, -0.2) is 13.1 Å². The van der Waals surface area contributed by atoms with E-state index in [2.05, 4.69) is 4.72 Å². The lowest BCUT2D eigenvalue weighted by Gasteiger charge is -2.11. The maximum atomic E-state index is 11.9. The molecule has 0 atom stereocenters. The molecule has 1 fully saturated rings. The summed E-state index contributed by atoms with van der Waals surface area (Å²) < 4.78 is 26.3. The fourth-order valence-electron chi connectivity index (χ4n) is 1.41. The van der Waals surface area contributed by atoms with Gasteiger partial charge in [0.25, 0.3) is 0 Å². The minimum Gasteiger partial charge on any atom is -0.396 e. The van der Waals surface area contributed by atoms with Crippen LogP contribution in [-0.4, -0.2) is 26.7 Å². The molecule has 2 rings (SSSR count). The molecular weight excluding hydrogens is 260 g/mol. The Bertz CT molecular complexity index is 552. The number of sulfonamides is 1. The molecule has 1 heterocycles. The van der Waals surface area contributed by atoms with Gasteiger partial charge >= 0.3 is 0 Å². The SMILES string of the molecule is N#Cc1ccc(S(=O)(=O)NCC2(CO)CC2)s1. The zero-order chi connectivity index (χ0) is 12.5. The van der Waals surface area contributed by atoms with E-state index < -0.39 is 10.0 Å². The van der Waals surface area contributed by atoms with Crippen LogP contribution in [0.4, 0.5) is 0 Å². The highest BCUT2D eigenvalue weighted by molar-refractivity contribution is 7.91. The van der Waals surface area contributed by atoms with Crippen LogP contribution in [0.3, 0.4) is 0 Å². The van der Waals surface area contributed by atoms with Crippen molar-refractivity contribution in [2.45, 2.75) is 17.1 Å². The third-order valence-electron chi connectivity index (χ3n) is 2.89. The number of rotatable bonds is 5. The molecule has 1 aromatic rings. The molecule has 0 saturated heterocycles. The van der Waals surface area contributed by atoms with E-state index in [1.54, 1.807) is 0 Å². The van der Waals surface area contributed by atoms with Crippen LogP contribution in [0, 0.1) is 16.7 Å². The molecule has 1 aromatic heterocycles. The van der Waals surface area contributed by atoms with Crippen LogP contribution in [-0.2, 0) is 10.0 Å². The third kappa shape index (κ3) is 2.66. The minimum absolute atomic E-state index is 0.00338. The summed E-state index contributed by atoms with van der Waals surface area (Å²) in [5.74, 6) is 0. The molecule has 0 spiro atoms. The molecule has 17 heavy (non-hydrogen) atoms. The normalized spacial score (nSPS) is 17.6. The van der Waals surface area contributed by atoms with Crippen molar-refractivity contribution >= 4 is 21.4 Å². The fourth-order valence-corrected chi connectivity index (χ4v) is 3.72. The zero-order valence-electron chi connectivity index (χ0n) is 9.01. The summed E-state index contributed by atoms with van der Waals surface area (Å²) in [6.07, 6.45) is 1.69. The first-order valence-electron chi connectivity index (χ1n) is 5.12.